The Morgan fingerprint density at radius 2 is 1.88 bits per heavy atom. The van der Waals surface area contributed by atoms with Gasteiger partial charge in [-0.2, -0.15) is 10.2 Å². The van der Waals surface area contributed by atoms with Gasteiger partial charge in [0.25, 0.3) is 0 Å². The van der Waals surface area contributed by atoms with E-state index in [4.69, 9.17) is 0 Å². The lowest BCUT2D eigenvalue weighted by Gasteiger charge is -2.19. The van der Waals surface area contributed by atoms with E-state index in [1.807, 2.05) is 46.4 Å². The highest BCUT2D eigenvalue weighted by Crippen LogP contribution is 2.24. The van der Waals surface area contributed by atoms with Crippen LogP contribution in [0.2, 0.25) is 0 Å². The normalized spacial score (nSPS) is 13.7. The van der Waals surface area contributed by atoms with E-state index >= 15 is 0 Å². The maximum Gasteiger partial charge on any atom is 0.128 e. The summed E-state index contributed by atoms with van der Waals surface area (Å²) in [5.41, 5.74) is 3.81. The monoisotopic (exact) mass is 321 g/mol. The summed E-state index contributed by atoms with van der Waals surface area (Å²) in [6.07, 6.45) is 5.40. The fourth-order valence-electron chi connectivity index (χ4n) is 2.70. The van der Waals surface area contributed by atoms with Gasteiger partial charge >= 0.3 is 0 Å². The van der Waals surface area contributed by atoms with Crippen molar-refractivity contribution in [1.82, 2.24) is 15.1 Å². The zero-order valence-corrected chi connectivity index (χ0v) is 12.9. The molecule has 120 valence electrons. The van der Waals surface area contributed by atoms with Gasteiger partial charge in [0.15, 0.2) is 0 Å². The van der Waals surface area contributed by atoms with Crippen LogP contribution in [0.4, 0.5) is 10.1 Å². The fraction of sp³-hybridized carbons (Fsp3) is 0.111. The van der Waals surface area contributed by atoms with Crippen LogP contribution in [0.1, 0.15) is 5.56 Å². The summed E-state index contributed by atoms with van der Waals surface area (Å²) < 4.78 is 13.7. The van der Waals surface area contributed by atoms with Gasteiger partial charge in [-0.3, -0.25) is 5.10 Å². The summed E-state index contributed by atoms with van der Waals surface area (Å²) in [6.45, 7) is 1.10. The van der Waals surface area contributed by atoms with Crippen LogP contribution in [0.3, 0.4) is 0 Å². The van der Waals surface area contributed by atoms with Crippen LogP contribution >= 0.6 is 0 Å². The molecule has 1 aliphatic rings. The number of hydrogen-bond acceptors (Lipinski definition) is 4. The topological polar surface area (TPSA) is 47.5 Å². The lowest BCUT2D eigenvalue weighted by atomic mass is 10.1. The van der Waals surface area contributed by atoms with Gasteiger partial charge in [-0.15, -0.1) is 0 Å². The van der Waals surface area contributed by atoms with Crippen molar-refractivity contribution < 1.29 is 4.39 Å². The molecule has 1 aromatic heterocycles. The minimum atomic E-state index is -0.186. The highest BCUT2D eigenvalue weighted by atomic mass is 19.1. The summed E-state index contributed by atoms with van der Waals surface area (Å²) >= 11 is 0. The standard InChI is InChI=1S/C18H16FN5/c19-18-4-2-1-3-15(18)11-23-12-22-24(13-23)17-7-5-14(6-8-17)16-9-20-21-10-16/h1-10,12H,11,13H2,(H,20,21). The van der Waals surface area contributed by atoms with E-state index in [2.05, 4.69) is 15.3 Å². The zero-order valence-electron chi connectivity index (χ0n) is 12.9. The number of hydrazone groups is 1. The second kappa shape index (κ2) is 6.16. The average molecular weight is 321 g/mol. The molecular weight excluding hydrogens is 305 g/mol. The van der Waals surface area contributed by atoms with E-state index in [0.29, 0.717) is 18.8 Å². The van der Waals surface area contributed by atoms with E-state index in [1.54, 1.807) is 24.7 Å². The molecule has 0 radical (unpaired) electrons. The minimum Gasteiger partial charge on any atom is -0.337 e. The number of H-pyrrole nitrogens is 1. The molecule has 0 bridgehead atoms. The molecule has 3 aromatic rings. The van der Waals surface area contributed by atoms with E-state index < -0.39 is 0 Å². The predicted molar refractivity (Wildman–Crippen MR) is 91.8 cm³/mol. The molecule has 4 rings (SSSR count). The molecule has 0 fully saturated rings. The van der Waals surface area contributed by atoms with Crippen molar-refractivity contribution in [2.45, 2.75) is 6.54 Å². The molecule has 0 saturated heterocycles. The van der Waals surface area contributed by atoms with E-state index in [-0.39, 0.29) is 5.82 Å². The number of aromatic amines is 1. The van der Waals surface area contributed by atoms with Crippen LogP contribution in [-0.2, 0) is 6.54 Å². The average Bonchev–Trinajstić information content (AvgIpc) is 3.29. The summed E-state index contributed by atoms with van der Waals surface area (Å²) in [6, 6.07) is 14.9. The third kappa shape index (κ3) is 2.86. The molecule has 6 heteroatoms. The Hall–Kier alpha value is -3.15. The molecule has 0 atom stereocenters. The number of halogens is 1. The van der Waals surface area contributed by atoms with Crippen LogP contribution in [0, 0.1) is 5.82 Å². The Morgan fingerprint density at radius 1 is 1.04 bits per heavy atom. The van der Waals surface area contributed by atoms with Gasteiger partial charge in [-0.1, -0.05) is 30.3 Å². The number of hydrogen-bond donors (Lipinski definition) is 1. The van der Waals surface area contributed by atoms with Crippen molar-refractivity contribution in [3.63, 3.8) is 0 Å². The molecule has 0 aliphatic carbocycles. The maximum atomic E-state index is 13.7. The summed E-state index contributed by atoms with van der Waals surface area (Å²) in [7, 11) is 0. The molecule has 2 heterocycles. The van der Waals surface area contributed by atoms with Gasteiger partial charge in [0, 0.05) is 23.9 Å². The van der Waals surface area contributed by atoms with E-state index in [9.17, 15) is 4.39 Å². The van der Waals surface area contributed by atoms with Crippen LogP contribution in [0.15, 0.2) is 66.0 Å². The van der Waals surface area contributed by atoms with Gasteiger partial charge in [0.1, 0.15) is 18.8 Å². The molecule has 5 nitrogen and oxygen atoms in total. The second-order valence-electron chi connectivity index (χ2n) is 5.64. The number of anilines is 1. The summed E-state index contributed by atoms with van der Waals surface area (Å²) in [5.74, 6) is -0.186. The van der Waals surface area contributed by atoms with E-state index in [1.165, 1.54) is 6.07 Å². The molecule has 0 saturated carbocycles. The number of nitrogens with one attached hydrogen (secondary N) is 1. The highest BCUT2D eigenvalue weighted by Gasteiger charge is 2.17. The first kappa shape index (κ1) is 14.4. The lowest BCUT2D eigenvalue weighted by molar-refractivity contribution is 0.438. The smallest absolute Gasteiger partial charge is 0.128 e. The van der Waals surface area contributed by atoms with Gasteiger partial charge in [0.05, 0.1) is 11.9 Å². The predicted octanol–water partition coefficient (Wildman–Crippen LogP) is 3.44. The van der Waals surface area contributed by atoms with Gasteiger partial charge in [-0.25, -0.2) is 9.40 Å². The van der Waals surface area contributed by atoms with Crippen molar-refractivity contribution in [2.24, 2.45) is 5.10 Å². The molecular formula is C18H16FN5. The molecule has 0 unspecified atom stereocenters. The summed E-state index contributed by atoms with van der Waals surface area (Å²) in [5, 5.41) is 13.1. The Labute approximate surface area is 139 Å². The van der Waals surface area contributed by atoms with Crippen molar-refractivity contribution in [3.05, 3.63) is 72.3 Å². The molecule has 0 spiro atoms. The van der Waals surface area contributed by atoms with E-state index in [0.717, 1.165) is 16.8 Å². The van der Waals surface area contributed by atoms with Gasteiger partial charge in [-0.05, 0) is 23.8 Å². The largest absolute Gasteiger partial charge is 0.337 e. The Morgan fingerprint density at radius 3 is 2.62 bits per heavy atom. The lowest BCUT2D eigenvalue weighted by Crippen LogP contribution is -2.26. The second-order valence-corrected chi connectivity index (χ2v) is 5.64. The van der Waals surface area contributed by atoms with Crippen molar-refractivity contribution in [2.75, 3.05) is 11.7 Å². The SMILES string of the molecule is Fc1ccccc1CN1C=NN(c2ccc(-c3cn[nH]c3)cc2)C1. The van der Waals surface area contributed by atoms with Gasteiger partial charge in [0.2, 0.25) is 0 Å². The first-order valence-electron chi connectivity index (χ1n) is 7.68. The minimum absolute atomic E-state index is 0.186. The number of benzene rings is 2. The number of aromatic nitrogens is 2. The van der Waals surface area contributed by atoms with Crippen LogP contribution in [-0.4, -0.2) is 28.1 Å². The summed E-state index contributed by atoms with van der Waals surface area (Å²) in [4.78, 5) is 1.97. The number of nitrogens with zero attached hydrogens (tertiary/aromatic N) is 4. The van der Waals surface area contributed by atoms with Crippen molar-refractivity contribution in [3.8, 4) is 11.1 Å². The third-order valence-corrected chi connectivity index (χ3v) is 4.00. The first-order chi connectivity index (χ1) is 11.8. The Bertz CT molecular complexity index is 842. The number of rotatable bonds is 4. The van der Waals surface area contributed by atoms with Gasteiger partial charge < -0.3 is 4.90 Å². The van der Waals surface area contributed by atoms with Crippen LogP contribution in [0.25, 0.3) is 11.1 Å². The Kier molecular flexibility index (Phi) is 3.70. The Balaban J connectivity index is 1.44. The molecule has 1 aliphatic heterocycles. The maximum absolute atomic E-state index is 13.7. The highest BCUT2D eigenvalue weighted by molar-refractivity contribution is 5.67. The van der Waals surface area contributed by atoms with Crippen molar-refractivity contribution in [1.29, 1.82) is 0 Å². The molecule has 2 aromatic carbocycles. The van der Waals surface area contributed by atoms with Crippen LogP contribution in [0.5, 0.6) is 0 Å². The quantitative estimate of drug-likeness (QED) is 0.801. The zero-order chi connectivity index (χ0) is 16.4. The third-order valence-electron chi connectivity index (χ3n) is 4.00. The fourth-order valence-corrected chi connectivity index (χ4v) is 2.70. The molecule has 1 N–H and O–H groups in total. The molecule has 24 heavy (non-hydrogen) atoms. The van der Waals surface area contributed by atoms with Crippen LogP contribution < -0.4 is 5.01 Å². The van der Waals surface area contributed by atoms with Crippen molar-refractivity contribution >= 4 is 12.0 Å². The first-order valence-corrected chi connectivity index (χ1v) is 7.68. The molecule has 0 amide bonds.